The van der Waals surface area contributed by atoms with E-state index >= 15 is 0 Å². The Bertz CT molecular complexity index is 297. The summed E-state index contributed by atoms with van der Waals surface area (Å²) in [5.41, 5.74) is -0.600. The summed E-state index contributed by atoms with van der Waals surface area (Å²) in [5, 5.41) is 12.1. The predicted molar refractivity (Wildman–Crippen MR) is 59.0 cm³/mol. The minimum Gasteiger partial charge on any atom is -0.351 e. The summed E-state index contributed by atoms with van der Waals surface area (Å²) in [5.74, 6) is -0.0921. The summed E-state index contributed by atoms with van der Waals surface area (Å²) in [7, 11) is 0. The van der Waals surface area contributed by atoms with Gasteiger partial charge in [-0.3, -0.25) is 4.79 Å². The van der Waals surface area contributed by atoms with Crippen LogP contribution in [0.25, 0.3) is 0 Å². The number of hydrogen-bond acceptors (Lipinski definition) is 2. The maximum absolute atomic E-state index is 12.0. The van der Waals surface area contributed by atoms with Crippen molar-refractivity contribution in [2.24, 2.45) is 10.8 Å². The largest absolute Gasteiger partial charge is 0.351 e. The van der Waals surface area contributed by atoms with E-state index in [0.717, 1.165) is 6.42 Å². The van der Waals surface area contributed by atoms with Gasteiger partial charge in [-0.25, -0.2) is 0 Å². The SMILES string of the molecule is CCC(C#N)(CC)C(=O)NC1CC1(C)C. The van der Waals surface area contributed by atoms with Crippen molar-refractivity contribution in [3.05, 3.63) is 0 Å². The summed E-state index contributed by atoms with van der Waals surface area (Å²) < 4.78 is 0. The van der Waals surface area contributed by atoms with Gasteiger partial charge in [0.2, 0.25) is 5.91 Å². The highest BCUT2D eigenvalue weighted by atomic mass is 16.2. The van der Waals surface area contributed by atoms with E-state index in [1.54, 1.807) is 0 Å². The van der Waals surface area contributed by atoms with Crippen molar-refractivity contribution in [3.8, 4) is 6.07 Å². The smallest absolute Gasteiger partial charge is 0.240 e. The van der Waals surface area contributed by atoms with Crippen LogP contribution in [0.2, 0.25) is 0 Å². The molecule has 15 heavy (non-hydrogen) atoms. The van der Waals surface area contributed by atoms with Crippen LogP contribution in [0, 0.1) is 22.2 Å². The molecular formula is C12H20N2O. The monoisotopic (exact) mass is 208 g/mol. The standard InChI is InChI=1S/C12H20N2O/c1-5-12(6-2,8-13)10(15)14-9-7-11(9,3)4/h9H,5-7H2,1-4H3,(H,14,15). The molecule has 1 saturated carbocycles. The van der Waals surface area contributed by atoms with Gasteiger partial charge >= 0.3 is 0 Å². The van der Waals surface area contributed by atoms with E-state index in [0.29, 0.717) is 12.8 Å². The van der Waals surface area contributed by atoms with Gasteiger partial charge in [0.25, 0.3) is 0 Å². The molecule has 0 spiro atoms. The van der Waals surface area contributed by atoms with Crippen LogP contribution in [0.1, 0.15) is 47.0 Å². The number of nitrogens with one attached hydrogen (secondary N) is 1. The van der Waals surface area contributed by atoms with E-state index < -0.39 is 5.41 Å². The minimum atomic E-state index is -0.821. The summed E-state index contributed by atoms with van der Waals surface area (Å²) in [6.07, 6.45) is 2.19. The third-order valence-corrected chi connectivity index (χ3v) is 3.67. The van der Waals surface area contributed by atoms with E-state index in [1.807, 2.05) is 13.8 Å². The topological polar surface area (TPSA) is 52.9 Å². The fraction of sp³-hybridized carbons (Fsp3) is 0.833. The van der Waals surface area contributed by atoms with E-state index in [2.05, 4.69) is 25.2 Å². The van der Waals surface area contributed by atoms with Gasteiger partial charge in [-0.1, -0.05) is 27.7 Å². The molecule has 1 aliphatic rings. The van der Waals surface area contributed by atoms with Crippen LogP contribution >= 0.6 is 0 Å². The van der Waals surface area contributed by atoms with Crippen molar-refractivity contribution in [2.75, 3.05) is 0 Å². The van der Waals surface area contributed by atoms with Gasteiger partial charge in [0.05, 0.1) is 6.07 Å². The predicted octanol–water partition coefficient (Wildman–Crippen LogP) is 2.23. The van der Waals surface area contributed by atoms with E-state index in [1.165, 1.54) is 0 Å². The van der Waals surface area contributed by atoms with Crippen molar-refractivity contribution < 1.29 is 4.79 Å². The van der Waals surface area contributed by atoms with E-state index in [4.69, 9.17) is 5.26 Å². The molecular weight excluding hydrogens is 188 g/mol. The number of hydrogen-bond donors (Lipinski definition) is 1. The first-order valence-electron chi connectivity index (χ1n) is 5.64. The van der Waals surface area contributed by atoms with Crippen LogP contribution in [0.15, 0.2) is 0 Å². The zero-order chi connectivity index (χ0) is 11.7. The lowest BCUT2D eigenvalue weighted by molar-refractivity contribution is -0.128. The summed E-state index contributed by atoms with van der Waals surface area (Å²) in [6, 6.07) is 2.42. The molecule has 0 bridgehead atoms. The molecule has 1 fully saturated rings. The fourth-order valence-corrected chi connectivity index (χ4v) is 1.79. The van der Waals surface area contributed by atoms with Crippen LogP contribution in [0.3, 0.4) is 0 Å². The highest BCUT2D eigenvalue weighted by Crippen LogP contribution is 2.45. The maximum atomic E-state index is 12.0. The third kappa shape index (κ3) is 2.14. The Morgan fingerprint density at radius 3 is 2.27 bits per heavy atom. The minimum absolute atomic E-state index is 0.0921. The molecule has 0 heterocycles. The highest BCUT2D eigenvalue weighted by molar-refractivity contribution is 5.85. The molecule has 84 valence electrons. The lowest BCUT2D eigenvalue weighted by atomic mass is 9.83. The lowest BCUT2D eigenvalue weighted by Gasteiger charge is -2.22. The molecule has 3 nitrogen and oxygen atoms in total. The number of carbonyl (C=O) groups excluding carboxylic acids is 1. The normalized spacial score (nSPS) is 23.0. The number of nitrogens with zero attached hydrogens (tertiary/aromatic N) is 1. The van der Waals surface area contributed by atoms with Crippen LogP contribution in [0.4, 0.5) is 0 Å². The molecule has 0 saturated heterocycles. The molecule has 0 aromatic heterocycles. The van der Waals surface area contributed by atoms with Gasteiger partial charge in [0.15, 0.2) is 0 Å². The molecule has 1 aliphatic carbocycles. The molecule has 0 aromatic carbocycles. The molecule has 0 radical (unpaired) electrons. The van der Waals surface area contributed by atoms with Gasteiger partial charge in [0, 0.05) is 6.04 Å². The third-order valence-electron chi connectivity index (χ3n) is 3.67. The second-order valence-electron chi connectivity index (χ2n) is 5.12. The van der Waals surface area contributed by atoms with Crippen molar-refractivity contribution in [2.45, 2.75) is 53.0 Å². The number of rotatable bonds is 4. The molecule has 1 N–H and O–H groups in total. The zero-order valence-electron chi connectivity index (χ0n) is 10.1. The fourth-order valence-electron chi connectivity index (χ4n) is 1.79. The Hall–Kier alpha value is -1.04. The summed E-state index contributed by atoms with van der Waals surface area (Å²) >= 11 is 0. The number of amides is 1. The van der Waals surface area contributed by atoms with Gasteiger partial charge in [-0.05, 0) is 24.7 Å². The van der Waals surface area contributed by atoms with E-state index in [9.17, 15) is 4.79 Å². The van der Waals surface area contributed by atoms with Gasteiger partial charge < -0.3 is 5.32 Å². The lowest BCUT2D eigenvalue weighted by Crippen LogP contribution is -2.41. The van der Waals surface area contributed by atoms with Crippen LogP contribution in [0.5, 0.6) is 0 Å². The average molecular weight is 208 g/mol. The first kappa shape index (κ1) is 12.0. The van der Waals surface area contributed by atoms with Crippen molar-refractivity contribution in [1.82, 2.24) is 5.32 Å². The van der Waals surface area contributed by atoms with Crippen LogP contribution in [-0.4, -0.2) is 11.9 Å². The van der Waals surface area contributed by atoms with Crippen LogP contribution < -0.4 is 5.32 Å². The van der Waals surface area contributed by atoms with Crippen molar-refractivity contribution >= 4 is 5.91 Å². The molecule has 1 rings (SSSR count). The van der Waals surface area contributed by atoms with Gasteiger partial charge in [-0.2, -0.15) is 5.26 Å². The molecule has 1 atom stereocenters. The first-order chi connectivity index (χ1) is 6.91. The highest BCUT2D eigenvalue weighted by Gasteiger charge is 2.49. The van der Waals surface area contributed by atoms with Crippen molar-refractivity contribution in [3.63, 3.8) is 0 Å². The molecule has 1 unspecified atom stereocenters. The average Bonchev–Trinajstić information content (AvgIpc) is 2.77. The van der Waals surface area contributed by atoms with E-state index in [-0.39, 0.29) is 17.4 Å². The molecule has 0 aliphatic heterocycles. The quantitative estimate of drug-likeness (QED) is 0.770. The van der Waals surface area contributed by atoms with Crippen molar-refractivity contribution in [1.29, 1.82) is 5.26 Å². The Morgan fingerprint density at radius 2 is 2.00 bits per heavy atom. The van der Waals surface area contributed by atoms with Crippen LogP contribution in [-0.2, 0) is 4.79 Å². The summed E-state index contributed by atoms with van der Waals surface area (Å²) in [4.78, 5) is 12.0. The Balaban J connectivity index is 2.64. The first-order valence-corrected chi connectivity index (χ1v) is 5.64. The Morgan fingerprint density at radius 1 is 1.53 bits per heavy atom. The molecule has 3 heteroatoms. The number of carbonyl (C=O) groups is 1. The second-order valence-corrected chi connectivity index (χ2v) is 5.12. The molecule has 0 aromatic rings. The molecule has 1 amide bonds. The number of nitriles is 1. The Labute approximate surface area is 91.9 Å². The van der Waals surface area contributed by atoms with Gasteiger partial charge in [-0.15, -0.1) is 0 Å². The second kappa shape index (κ2) is 3.84. The maximum Gasteiger partial charge on any atom is 0.240 e. The van der Waals surface area contributed by atoms with Gasteiger partial charge in [0.1, 0.15) is 5.41 Å². The zero-order valence-corrected chi connectivity index (χ0v) is 10.1. The Kier molecular flexibility index (Phi) is 3.08. The summed E-state index contributed by atoms with van der Waals surface area (Å²) in [6.45, 7) is 8.04.